The summed E-state index contributed by atoms with van der Waals surface area (Å²) in [5, 5.41) is 11.5. The zero-order valence-electron chi connectivity index (χ0n) is 11.1. The smallest absolute Gasteiger partial charge is 0.326 e. The van der Waals surface area contributed by atoms with E-state index in [0.29, 0.717) is 9.13 Å². The third-order valence-corrected chi connectivity index (χ3v) is 4.08. The maximum Gasteiger partial charge on any atom is 0.326 e. The second kappa shape index (κ2) is 8.32. The minimum atomic E-state index is -1.20. The van der Waals surface area contributed by atoms with E-state index in [-0.39, 0.29) is 12.8 Å². The predicted octanol–water partition coefficient (Wildman–Crippen LogP) is 2.19. The van der Waals surface area contributed by atoms with Crippen LogP contribution < -0.4 is 5.32 Å². The predicted molar refractivity (Wildman–Crippen MR) is 87.0 cm³/mol. The first kappa shape index (κ1) is 17.9. The molecule has 1 atom stereocenters. The van der Waals surface area contributed by atoms with Crippen LogP contribution in [0.5, 0.6) is 0 Å². The Morgan fingerprint density at radius 2 is 2.10 bits per heavy atom. The molecule has 0 unspecified atom stereocenters. The summed E-state index contributed by atoms with van der Waals surface area (Å²) in [7, 11) is 1.22. The number of carbonyl (C=O) groups excluding carboxylic acids is 2. The topological polar surface area (TPSA) is 92.7 Å². The van der Waals surface area contributed by atoms with E-state index in [1.807, 2.05) is 22.6 Å². The molecule has 1 amide bonds. The summed E-state index contributed by atoms with van der Waals surface area (Å²) in [6, 6.07) is 3.98. The van der Waals surface area contributed by atoms with E-state index < -0.39 is 23.9 Å². The maximum absolute atomic E-state index is 12.1. The van der Waals surface area contributed by atoms with Crippen molar-refractivity contribution in [1.82, 2.24) is 5.32 Å². The van der Waals surface area contributed by atoms with Gasteiger partial charge in [-0.15, -0.1) is 0 Å². The van der Waals surface area contributed by atoms with Crippen LogP contribution in [-0.2, 0) is 14.3 Å². The summed E-state index contributed by atoms with van der Waals surface area (Å²) in [5.41, 5.74) is 0.370. The van der Waals surface area contributed by atoms with Crippen LogP contribution in [-0.4, -0.2) is 36.1 Å². The molecule has 0 aliphatic rings. The Kier molecular flexibility index (Phi) is 7.09. The number of carboxylic acid groups (broad SMARTS) is 1. The monoisotopic (exact) mass is 469 g/mol. The number of methoxy groups -OCH3 is 1. The van der Waals surface area contributed by atoms with E-state index in [0.717, 1.165) is 4.47 Å². The zero-order chi connectivity index (χ0) is 16.0. The lowest BCUT2D eigenvalue weighted by Gasteiger charge is -2.14. The molecule has 0 spiro atoms. The molecule has 0 heterocycles. The molecule has 0 saturated heterocycles. The third kappa shape index (κ3) is 5.62. The molecule has 0 radical (unpaired) electrons. The third-order valence-electron chi connectivity index (χ3n) is 2.64. The van der Waals surface area contributed by atoms with Gasteiger partial charge in [-0.05, 0) is 47.2 Å². The minimum Gasteiger partial charge on any atom is -0.480 e. The van der Waals surface area contributed by atoms with Gasteiger partial charge in [0.05, 0.1) is 12.7 Å². The van der Waals surface area contributed by atoms with E-state index in [1.54, 1.807) is 18.2 Å². The van der Waals surface area contributed by atoms with Crippen molar-refractivity contribution in [2.75, 3.05) is 7.11 Å². The number of nitrogens with one attached hydrogen (secondary N) is 1. The maximum atomic E-state index is 12.1. The normalized spacial score (nSPS) is 11.6. The second-order valence-electron chi connectivity index (χ2n) is 4.10. The van der Waals surface area contributed by atoms with Gasteiger partial charge in [0.2, 0.25) is 0 Å². The van der Waals surface area contributed by atoms with Crippen molar-refractivity contribution in [2.24, 2.45) is 0 Å². The van der Waals surface area contributed by atoms with Gasteiger partial charge in [-0.2, -0.15) is 0 Å². The van der Waals surface area contributed by atoms with Crippen molar-refractivity contribution in [3.63, 3.8) is 0 Å². The minimum absolute atomic E-state index is 0.0294. The van der Waals surface area contributed by atoms with Gasteiger partial charge in [0.25, 0.3) is 5.91 Å². The number of carbonyl (C=O) groups is 3. The zero-order valence-corrected chi connectivity index (χ0v) is 14.8. The largest absolute Gasteiger partial charge is 0.480 e. The van der Waals surface area contributed by atoms with Crippen molar-refractivity contribution in [3.05, 3.63) is 31.8 Å². The quantitative estimate of drug-likeness (QED) is 0.492. The fourth-order valence-electron chi connectivity index (χ4n) is 1.53. The number of amides is 1. The molecule has 0 saturated carbocycles. The van der Waals surface area contributed by atoms with Gasteiger partial charge < -0.3 is 15.2 Å². The van der Waals surface area contributed by atoms with Crippen LogP contribution in [0.25, 0.3) is 0 Å². The molecule has 6 nitrogen and oxygen atoms in total. The van der Waals surface area contributed by atoms with E-state index in [1.165, 1.54) is 7.11 Å². The van der Waals surface area contributed by atoms with E-state index in [2.05, 4.69) is 26.0 Å². The van der Waals surface area contributed by atoms with Crippen LogP contribution in [0, 0.1) is 3.57 Å². The molecule has 0 bridgehead atoms. The lowest BCUT2D eigenvalue weighted by molar-refractivity contribution is -0.142. The molecular weight excluding hydrogens is 457 g/mol. The number of ether oxygens (including phenoxy) is 1. The molecule has 21 heavy (non-hydrogen) atoms. The Labute approximate surface area is 143 Å². The van der Waals surface area contributed by atoms with Gasteiger partial charge in [-0.1, -0.05) is 15.9 Å². The van der Waals surface area contributed by atoms with Crippen LogP contribution in [0.2, 0.25) is 0 Å². The van der Waals surface area contributed by atoms with Gasteiger partial charge in [0.1, 0.15) is 6.04 Å². The highest BCUT2D eigenvalue weighted by molar-refractivity contribution is 14.1. The number of hydrogen-bond acceptors (Lipinski definition) is 4. The summed E-state index contributed by atoms with van der Waals surface area (Å²) in [5.74, 6) is -2.22. The molecule has 8 heteroatoms. The average molecular weight is 470 g/mol. The summed E-state index contributed by atoms with van der Waals surface area (Å²) >= 11 is 5.25. The van der Waals surface area contributed by atoms with Gasteiger partial charge in [-0.3, -0.25) is 9.59 Å². The Morgan fingerprint density at radius 3 is 2.67 bits per heavy atom. The van der Waals surface area contributed by atoms with Gasteiger partial charge in [0, 0.05) is 14.5 Å². The molecule has 1 rings (SSSR count). The summed E-state index contributed by atoms with van der Waals surface area (Å²) < 4.78 is 5.87. The Morgan fingerprint density at radius 1 is 1.43 bits per heavy atom. The molecule has 0 aliphatic carbocycles. The summed E-state index contributed by atoms with van der Waals surface area (Å²) in [4.78, 5) is 34.3. The summed E-state index contributed by atoms with van der Waals surface area (Å²) in [6.07, 6.45) is -0.109. The highest BCUT2D eigenvalue weighted by Crippen LogP contribution is 2.18. The van der Waals surface area contributed by atoms with E-state index in [9.17, 15) is 14.4 Å². The van der Waals surface area contributed by atoms with Crippen molar-refractivity contribution < 1.29 is 24.2 Å². The second-order valence-corrected chi connectivity index (χ2v) is 6.18. The summed E-state index contributed by atoms with van der Waals surface area (Å²) in [6.45, 7) is 0. The molecule has 2 N–H and O–H groups in total. The molecule has 1 aromatic carbocycles. The van der Waals surface area contributed by atoms with Crippen molar-refractivity contribution in [2.45, 2.75) is 18.9 Å². The highest BCUT2D eigenvalue weighted by Gasteiger charge is 2.22. The number of aliphatic carboxylic acids is 1. The van der Waals surface area contributed by atoms with Gasteiger partial charge in [-0.25, -0.2) is 4.79 Å². The highest BCUT2D eigenvalue weighted by atomic mass is 127. The molecule has 0 aliphatic heterocycles. The molecule has 0 fully saturated rings. The number of carboxylic acids is 1. The van der Waals surface area contributed by atoms with Crippen LogP contribution in [0.15, 0.2) is 22.7 Å². The van der Waals surface area contributed by atoms with E-state index in [4.69, 9.17) is 5.11 Å². The van der Waals surface area contributed by atoms with Crippen LogP contribution >= 0.6 is 38.5 Å². The number of esters is 1. The number of rotatable bonds is 6. The van der Waals surface area contributed by atoms with Crippen LogP contribution in [0.4, 0.5) is 0 Å². The van der Waals surface area contributed by atoms with Crippen LogP contribution in [0.1, 0.15) is 23.2 Å². The lowest BCUT2D eigenvalue weighted by Crippen LogP contribution is -2.41. The first-order valence-corrected chi connectivity index (χ1v) is 7.78. The number of halogens is 2. The average Bonchev–Trinajstić information content (AvgIpc) is 2.44. The van der Waals surface area contributed by atoms with Crippen molar-refractivity contribution in [3.8, 4) is 0 Å². The first-order chi connectivity index (χ1) is 9.85. The Bertz CT molecular complexity index is 563. The fraction of sp³-hybridized carbons (Fsp3) is 0.308. The van der Waals surface area contributed by atoms with Gasteiger partial charge in [0.15, 0.2) is 0 Å². The Balaban J connectivity index is 2.79. The number of hydrogen-bond donors (Lipinski definition) is 2. The molecule has 0 aromatic heterocycles. The number of benzene rings is 1. The molecule has 1 aromatic rings. The van der Waals surface area contributed by atoms with Crippen molar-refractivity contribution >= 4 is 56.4 Å². The fourth-order valence-corrected chi connectivity index (χ4v) is 2.47. The first-order valence-electron chi connectivity index (χ1n) is 5.90. The van der Waals surface area contributed by atoms with Crippen LogP contribution in [0.3, 0.4) is 0 Å². The standard InChI is InChI=1S/C13H13BrINO5/c1-21-11(17)5-4-10(13(19)20)16-12(18)8-6-7(14)2-3-9(8)15/h2-3,6,10H,4-5H2,1H3,(H,16,18)(H,19,20)/t10-/m1/s1. The Hall–Kier alpha value is -1.16. The van der Waals surface area contributed by atoms with Crippen molar-refractivity contribution in [1.29, 1.82) is 0 Å². The van der Waals surface area contributed by atoms with E-state index >= 15 is 0 Å². The molecule has 114 valence electrons. The lowest BCUT2D eigenvalue weighted by atomic mass is 10.1. The molecular formula is C13H13BrINO5. The SMILES string of the molecule is COC(=O)CC[C@@H](NC(=O)c1cc(Br)ccc1I)C(=O)O. The van der Waals surface area contributed by atoms with Gasteiger partial charge >= 0.3 is 11.9 Å².